The number of thiophene rings is 1. The second kappa shape index (κ2) is 10.5. The van der Waals surface area contributed by atoms with E-state index in [-0.39, 0.29) is 0 Å². The average Bonchev–Trinajstić information content (AvgIpc) is 3.18. The lowest BCUT2D eigenvalue weighted by Crippen LogP contribution is -2.44. The van der Waals surface area contributed by atoms with Gasteiger partial charge in [0.05, 0.1) is 15.9 Å². The monoisotopic (exact) mass is 500 g/mol. The summed E-state index contributed by atoms with van der Waals surface area (Å²) in [5.74, 6) is 0.844. The molecule has 0 saturated carbocycles. The molecule has 188 valence electrons. The molecular formula is C29H36N6S. The van der Waals surface area contributed by atoms with Gasteiger partial charge < -0.3 is 15.5 Å². The Balaban J connectivity index is 1.25. The molecule has 2 N–H and O–H groups in total. The van der Waals surface area contributed by atoms with E-state index >= 15 is 0 Å². The van der Waals surface area contributed by atoms with E-state index in [9.17, 15) is 0 Å². The number of nitrogens with zero attached hydrogens (tertiary/aromatic N) is 4. The van der Waals surface area contributed by atoms with Gasteiger partial charge in [0.15, 0.2) is 0 Å². The first-order valence-corrected chi connectivity index (χ1v) is 13.7. The summed E-state index contributed by atoms with van der Waals surface area (Å²) in [6.07, 6.45) is 5.85. The smallest absolute Gasteiger partial charge is 0.225 e. The standard InChI is InChI=1S/C29H36N6S/c1-18-15-19(2)25(20(3)16-18)26-22(5)36-28-24(17-21(4)34-27(26)28)31-12-11-30-23-7-13-35(14-8-23)29-32-9-6-10-33-29/h6,9-10,15-17,23,30H,7-8,11-14H2,1-5H3,(H,31,34). The van der Waals surface area contributed by atoms with E-state index in [0.717, 1.165) is 56.2 Å². The molecule has 0 unspecified atom stereocenters. The highest BCUT2D eigenvalue weighted by Gasteiger charge is 2.21. The minimum Gasteiger partial charge on any atom is -0.383 e. The Kier molecular flexibility index (Phi) is 7.21. The summed E-state index contributed by atoms with van der Waals surface area (Å²) in [5.41, 5.74) is 9.95. The van der Waals surface area contributed by atoms with Gasteiger partial charge in [-0.1, -0.05) is 17.7 Å². The maximum Gasteiger partial charge on any atom is 0.225 e. The number of fused-ring (bicyclic) bond motifs is 1. The number of benzene rings is 1. The van der Waals surface area contributed by atoms with Gasteiger partial charge in [-0.15, -0.1) is 11.3 Å². The van der Waals surface area contributed by atoms with Crippen LogP contribution in [-0.2, 0) is 0 Å². The molecule has 0 bridgehead atoms. The van der Waals surface area contributed by atoms with Crippen LogP contribution >= 0.6 is 11.3 Å². The molecule has 5 rings (SSSR count). The van der Waals surface area contributed by atoms with Crippen molar-refractivity contribution in [2.75, 3.05) is 36.4 Å². The summed E-state index contributed by atoms with van der Waals surface area (Å²) in [6, 6.07) is 9.15. The Morgan fingerprint density at radius 1 is 0.917 bits per heavy atom. The van der Waals surface area contributed by atoms with Gasteiger partial charge in [-0.25, -0.2) is 9.97 Å². The van der Waals surface area contributed by atoms with Crippen molar-refractivity contribution < 1.29 is 0 Å². The van der Waals surface area contributed by atoms with Crippen LogP contribution in [0.25, 0.3) is 21.3 Å². The van der Waals surface area contributed by atoms with Gasteiger partial charge in [-0.05, 0) is 76.3 Å². The molecule has 36 heavy (non-hydrogen) atoms. The Morgan fingerprint density at radius 2 is 1.61 bits per heavy atom. The van der Waals surface area contributed by atoms with Crippen molar-refractivity contribution in [3.63, 3.8) is 0 Å². The maximum absolute atomic E-state index is 5.01. The summed E-state index contributed by atoms with van der Waals surface area (Å²) < 4.78 is 1.25. The lowest BCUT2D eigenvalue weighted by molar-refractivity contribution is 0.418. The highest BCUT2D eigenvalue weighted by atomic mass is 32.1. The molecule has 0 radical (unpaired) electrons. The zero-order valence-electron chi connectivity index (χ0n) is 22.0. The molecule has 7 heteroatoms. The van der Waals surface area contributed by atoms with Crippen LogP contribution in [0.5, 0.6) is 0 Å². The normalized spacial score (nSPS) is 14.5. The van der Waals surface area contributed by atoms with Crippen molar-refractivity contribution in [1.29, 1.82) is 0 Å². The zero-order chi connectivity index (χ0) is 25.2. The summed E-state index contributed by atoms with van der Waals surface area (Å²) in [5, 5.41) is 7.46. The average molecular weight is 501 g/mol. The number of aryl methyl sites for hydroxylation is 5. The highest BCUT2D eigenvalue weighted by molar-refractivity contribution is 7.20. The van der Waals surface area contributed by atoms with Crippen LogP contribution in [0.1, 0.15) is 40.1 Å². The molecule has 1 aliphatic heterocycles. The summed E-state index contributed by atoms with van der Waals surface area (Å²) in [4.78, 5) is 17.4. The van der Waals surface area contributed by atoms with Crippen molar-refractivity contribution in [3.8, 4) is 11.1 Å². The lowest BCUT2D eigenvalue weighted by Gasteiger charge is -2.32. The summed E-state index contributed by atoms with van der Waals surface area (Å²) in [6.45, 7) is 14.7. The topological polar surface area (TPSA) is 66.0 Å². The molecule has 1 saturated heterocycles. The van der Waals surface area contributed by atoms with Gasteiger partial charge in [0.1, 0.15) is 0 Å². The highest BCUT2D eigenvalue weighted by Crippen LogP contribution is 2.43. The van der Waals surface area contributed by atoms with Crippen LogP contribution in [-0.4, -0.2) is 47.2 Å². The number of rotatable bonds is 7. The van der Waals surface area contributed by atoms with E-state index in [4.69, 9.17) is 4.98 Å². The van der Waals surface area contributed by atoms with Gasteiger partial charge in [-0.2, -0.15) is 0 Å². The van der Waals surface area contributed by atoms with Crippen LogP contribution in [0.15, 0.2) is 36.7 Å². The van der Waals surface area contributed by atoms with Crippen LogP contribution < -0.4 is 15.5 Å². The molecule has 4 heterocycles. The van der Waals surface area contributed by atoms with Gasteiger partial charge in [0, 0.05) is 60.7 Å². The molecule has 3 aromatic heterocycles. The van der Waals surface area contributed by atoms with Crippen molar-refractivity contribution in [2.45, 2.75) is 53.5 Å². The first-order chi connectivity index (χ1) is 17.4. The minimum atomic E-state index is 0.536. The second-order valence-corrected chi connectivity index (χ2v) is 11.2. The Bertz CT molecular complexity index is 1330. The number of anilines is 2. The fraction of sp³-hybridized carbons (Fsp3) is 0.414. The van der Waals surface area contributed by atoms with Crippen molar-refractivity contribution in [2.24, 2.45) is 0 Å². The molecule has 4 aromatic rings. The Morgan fingerprint density at radius 3 is 2.31 bits per heavy atom. The molecule has 1 aromatic carbocycles. The number of hydrogen-bond acceptors (Lipinski definition) is 7. The number of hydrogen-bond donors (Lipinski definition) is 2. The minimum absolute atomic E-state index is 0.536. The van der Waals surface area contributed by atoms with Crippen LogP contribution in [0, 0.1) is 34.6 Å². The molecule has 0 amide bonds. The van der Waals surface area contributed by atoms with Crippen LogP contribution in [0.4, 0.5) is 11.6 Å². The third kappa shape index (κ3) is 5.08. The van der Waals surface area contributed by atoms with Crippen molar-refractivity contribution in [3.05, 3.63) is 63.9 Å². The lowest BCUT2D eigenvalue weighted by atomic mass is 9.93. The van der Waals surface area contributed by atoms with Gasteiger partial charge in [0.2, 0.25) is 5.95 Å². The van der Waals surface area contributed by atoms with E-state index in [2.05, 4.69) is 78.3 Å². The number of pyridine rings is 1. The van der Waals surface area contributed by atoms with E-state index in [0.29, 0.717) is 6.04 Å². The fourth-order valence-corrected chi connectivity index (χ4v) is 6.61. The zero-order valence-corrected chi connectivity index (χ0v) is 22.8. The van der Waals surface area contributed by atoms with E-state index in [1.807, 2.05) is 29.8 Å². The van der Waals surface area contributed by atoms with Crippen LogP contribution in [0.3, 0.4) is 0 Å². The largest absolute Gasteiger partial charge is 0.383 e. The third-order valence-electron chi connectivity index (χ3n) is 7.08. The maximum atomic E-state index is 5.01. The number of piperidine rings is 1. The Hall–Kier alpha value is -3.03. The van der Waals surface area contributed by atoms with Crippen LogP contribution in [0.2, 0.25) is 0 Å². The molecule has 0 aliphatic carbocycles. The molecule has 0 spiro atoms. The molecular weight excluding hydrogens is 464 g/mol. The predicted octanol–water partition coefficient (Wildman–Crippen LogP) is 5.97. The van der Waals surface area contributed by atoms with Crippen molar-refractivity contribution in [1.82, 2.24) is 20.3 Å². The number of nitrogens with one attached hydrogen (secondary N) is 2. The SMILES string of the molecule is Cc1cc(C)c(-c2c(C)sc3c(NCCNC4CCN(c5ncccn5)CC4)cc(C)nc23)c(C)c1. The molecule has 1 aliphatic rings. The summed E-state index contributed by atoms with van der Waals surface area (Å²) in [7, 11) is 0. The second-order valence-electron chi connectivity index (χ2n) is 9.99. The van der Waals surface area contributed by atoms with Gasteiger partial charge in [0.25, 0.3) is 0 Å². The van der Waals surface area contributed by atoms with E-state index in [1.165, 1.54) is 43.1 Å². The molecule has 6 nitrogen and oxygen atoms in total. The predicted molar refractivity (Wildman–Crippen MR) is 153 cm³/mol. The number of aromatic nitrogens is 3. The quantitative estimate of drug-likeness (QED) is 0.305. The third-order valence-corrected chi connectivity index (χ3v) is 8.20. The summed E-state index contributed by atoms with van der Waals surface area (Å²) >= 11 is 1.85. The Labute approximate surface area is 218 Å². The first kappa shape index (κ1) is 24.7. The fourth-order valence-electron chi connectivity index (χ4n) is 5.52. The molecule has 1 fully saturated rings. The van der Waals surface area contributed by atoms with Gasteiger partial charge >= 0.3 is 0 Å². The van der Waals surface area contributed by atoms with Crippen molar-refractivity contribution >= 4 is 33.2 Å². The van der Waals surface area contributed by atoms with Gasteiger partial charge in [-0.3, -0.25) is 4.98 Å². The molecule has 0 atom stereocenters. The first-order valence-electron chi connectivity index (χ1n) is 12.9. The van der Waals surface area contributed by atoms with E-state index < -0.39 is 0 Å². The van der Waals surface area contributed by atoms with E-state index in [1.54, 1.807) is 0 Å².